The third kappa shape index (κ3) is 9.56. The number of nitrogens with one attached hydrogen (secondary N) is 2. The summed E-state index contributed by atoms with van der Waals surface area (Å²) in [7, 11) is 1.17. The predicted octanol–water partition coefficient (Wildman–Crippen LogP) is 7.66. The Morgan fingerprint density at radius 3 is 2.44 bits per heavy atom. The minimum atomic E-state index is -4.62. The van der Waals surface area contributed by atoms with E-state index in [1.54, 1.807) is 24.3 Å². The highest BCUT2D eigenvalue weighted by Gasteiger charge is 2.34. The number of amides is 2. The summed E-state index contributed by atoms with van der Waals surface area (Å²) in [5.41, 5.74) is 3.35. The largest absolute Gasteiger partial charge is 0.496 e. The monoisotopic (exact) mass is 706 g/mol. The first-order valence-electron chi connectivity index (χ1n) is 16.1. The maximum absolute atomic E-state index is 13.5. The lowest BCUT2D eigenvalue weighted by Crippen LogP contribution is -2.29. The maximum Gasteiger partial charge on any atom is 0.419 e. The number of piperidine rings is 1. The average molecular weight is 707 g/mol. The molecule has 9 nitrogen and oxygen atoms in total. The van der Waals surface area contributed by atoms with Crippen molar-refractivity contribution >= 4 is 40.9 Å². The number of carbonyl (C=O) groups is 3. The second-order valence-corrected chi connectivity index (χ2v) is 12.9. The van der Waals surface area contributed by atoms with Crippen LogP contribution in [0.15, 0.2) is 79.0 Å². The van der Waals surface area contributed by atoms with Gasteiger partial charge in [-0.1, -0.05) is 18.2 Å². The molecule has 0 saturated carbocycles. The molecule has 0 aliphatic carbocycles. The van der Waals surface area contributed by atoms with Crippen molar-refractivity contribution in [3.63, 3.8) is 0 Å². The fourth-order valence-electron chi connectivity index (χ4n) is 5.64. The summed E-state index contributed by atoms with van der Waals surface area (Å²) < 4.78 is 45.4. The van der Waals surface area contributed by atoms with Crippen LogP contribution in [0, 0.1) is 0 Å². The number of pyridine rings is 1. The quantitative estimate of drug-likeness (QED) is 0.121. The van der Waals surface area contributed by atoms with E-state index < -0.39 is 23.6 Å². The van der Waals surface area contributed by atoms with E-state index in [0.717, 1.165) is 49.7 Å². The molecular formula is C37H37F3N4O5S. The molecule has 1 aromatic heterocycles. The van der Waals surface area contributed by atoms with Crippen LogP contribution in [0.3, 0.4) is 0 Å². The molecule has 1 aliphatic rings. The highest BCUT2D eigenvalue weighted by Crippen LogP contribution is 2.37. The van der Waals surface area contributed by atoms with Gasteiger partial charge in [-0.25, -0.2) is 0 Å². The molecule has 0 radical (unpaired) electrons. The van der Waals surface area contributed by atoms with Crippen LogP contribution >= 0.6 is 11.8 Å². The maximum atomic E-state index is 13.5. The van der Waals surface area contributed by atoms with Crippen LogP contribution in [0.5, 0.6) is 5.75 Å². The van der Waals surface area contributed by atoms with Gasteiger partial charge in [-0.05, 0) is 85.0 Å². The molecule has 5 rings (SSSR count). The average Bonchev–Trinajstić information content (AvgIpc) is 3.12. The number of aromatic nitrogens is 1. The molecule has 3 N–H and O–H groups in total. The van der Waals surface area contributed by atoms with Crippen molar-refractivity contribution in [1.82, 2.24) is 10.3 Å². The van der Waals surface area contributed by atoms with Crippen LogP contribution in [-0.4, -0.2) is 53.8 Å². The van der Waals surface area contributed by atoms with E-state index in [-0.39, 0.29) is 35.7 Å². The van der Waals surface area contributed by atoms with E-state index in [9.17, 15) is 27.6 Å². The molecule has 0 spiro atoms. The molecule has 0 bridgehead atoms. The smallest absolute Gasteiger partial charge is 0.419 e. The fourth-order valence-corrected chi connectivity index (χ4v) is 6.52. The number of hydrogen-bond acceptors (Lipinski definition) is 7. The first kappa shape index (κ1) is 36.2. The molecule has 1 saturated heterocycles. The Bertz CT molecular complexity index is 1850. The van der Waals surface area contributed by atoms with Crippen LogP contribution in [0.2, 0.25) is 0 Å². The summed E-state index contributed by atoms with van der Waals surface area (Å²) in [4.78, 5) is 44.4. The Labute approximate surface area is 292 Å². The van der Waals surface area contributed by atoms with Gasteiger partial charge in [0.15, 0.2) is 0 Å². The second-order valence-electron chi connectivity index (χ2n) is 11.8. The second kappa shape index (κ2) is 16.6. The van der Waals surface area contributed by atoms with Crippen molar-refractivity contribution in [3.8, 4) is 17.0 Å². The van der Waals surface area contributed by atoms with Crippen LogP contribution in [-0.2, 0) is 23.3 Å². The summed E-state index contributed by atoms with van der Waals surface area (Å²) >= 11 is 1.47. The first-order valence-corrected chi connectivity index (χ1v) is 17.2. The zero-order valence-electron chi connectivity index (χ0n) is 27.4. The summed E-state index contributed by atoms with van der Waals surface area (Å²) in [5, 5.41) is 14.6. The van der Waals surface area contributed by atoms with E-state index in [2.05, 4.69) is 20.5 Å². The lowest BCUT2D eigenvalue weighted by molar-refractivity contribution is -0.139. The molecule has 13 heteroatoms. The number of aliphatic carboxylic acids is 1. The zero-order valence-corrected chi connectivity index (χ0v) is 28.2. The molecule has 0 atom stereocenters. The van der Waals surface area contributed by atoms with Crippen molar-refractivity contribution in [2.45, 2.75) is 44.2 Å². The lowest BCUT2D eigenvalue weighted by atomic mass is 10.0. The van der Waals surface area contributed by atoms with Gasteiger partial charge in [0, 0.05) is 59.7 Å². The summed E-state index contributed by atoms with van der Waals surface area (Å²) in [5.74, 6) is -0.992. The third-order valence-corrected chi connectivity index (χ3v) is 9.24. The molecular weight excluding hydrogens is 669 g/mol. The van der Waals surface area contributed by atoms with Gasteiger partial charge < -0.3 is 25.4 Å². The molecule has 3 aromatic carbocycles. The van der Waals surface area contributed by atoms with Crippen molar-refractivity contribution in [3.05, 3.63) is 107 Å². The zero-order chi connectivity index (χ0) is 35.7. The Morgan fingerprint density at radius 2 is 1.70 bits per heavy atom. The normalized spacial score (nSPS) is 13.1. The number of alkyl halides is 3. The van der Waals surface area contributed by atoms with Gasteiger partial charge in [-0.15, -0.1) is 0 Å². The highest BCUT2D eigenvalue weighted by molar-refractivity contribution is 7.98. The number of halogens is 3. The van der Waals surface area contributed by atoms with E-state index in [4.69, 9.17) is 9.84 Å². The van der Waals surface area contributed by atoms with Gasteiger partial charge >= 0.3 is 12.1 Å². The number of benzene rings is 3. The number of methoxy groups -OCH3 is 1. The van der Waals surface area contributed by atoms with Crippen LogP contribution < -0.4 is 20.3 Å². The van der Waals surface area contributed by atoms with Crippen LogP contribution in [0.1, 0.15) is 63.1 Å². The number of rotatable bonds is 13. The number of carboxylic acids is 1. The minimum Gasteiger partial charge on any atom is -0.496 e. The van der Waals surface area contributed by atoms with Gasteiger partial charge in [0.2, 0.25) is 0 Å². The van der Waals surface area contributed by atoms with E-state index >= 15 is 0 Å². The van der Waals surface area contributed by atoms with Crippen molar-refractivity contribution < 1.29 is 37.4 Å². The number of nitrogens with zero attached hydrogens (tertiary/aromatic N) is 2. The van der Waals surface area contributed by atoms with Gasteiger partial charge in [0.1, 0.15) is 5.75 Å². The molecule has 262 valence electrons. The molecule has 4 aromatic rings. The Morgan fingerprint density at radius 1 is 0.920 bits per heavy atom. The topological polar surface area (TPSA) is 121 Å². The van der Waals surface area contributed by atoms with Gasteiger partial charge in [0.25, 0.3) is 11.8 Å². The summed E-state index contributed by atoms with van der Waals surface area (Å²) in [6, 6.07) is 19.6. The molecule has 50 heavy (non-hydrogen) atoms. The Balaban J connectivity index is 1.37. The van der Waals surface area contributed by atoms with Crippen molar-refractivity contribution in [2.75, 3.05) is 36.2 Å². The molecule has 2 heterocycles. The summed E-state index contributed by atoms with van der Waals surface area (Å²) in [6.07, 6.45) is 0.192. The van der Waals surface area contributed by atoms with Crippen molar-refractivity contribution in [1.29, 1.82) is 0 Å². The van der Waals surface area contributed by atoms with Crippen molar-refractivity contribution in [2.24, 2.45) is 0 Å². The van der Waals surface area contributed by atoms with Crippen LogP contribution in [0.25, 0.3) is 11.3 Å². The first-order chi connectivity index (χ1) is 24.0. The summed E-state index contributed by atoms with van der Waals surface area (Å²) in [6.45, 7) is 1.63. The van der Waals surface area contributed by atoms with Gasteiger partial charge in [0.05, 0.1) is 30.5 Å². The Kier molecular flexibility index (Phi) is 12.0. The molecule has 1 fully saturated rings. The minimum absolute atomic E-state index is 0.0589. The lowest BCUT2D eigenvalue weighted by Gasteiger charge is -2.29. The van der Waals surface area contributed by atoms with Crippen LogP contribution in [0.4, 0.5) is 24.5 Å². The van der Waals surface area contributed by atoms with E-state index in [1.165, 1.54) is 43.3 Å². The SMILES string of the molecule is COc1ccc(CNC(=O)c2ccnc(-c3cc(N4CCCCC4)ccc3NC(=O)c3cccc(CSCCC(=O)O)c3)c2)cc1C(F)(F)F. The Hall–Kier alpha value is -5.04. The van der Waals surface area contributed by atoms with Gasteiger partial charge in [-0.2, -0.15) is 24.9 Å². The predicted molar refractivity (Wildman–Crippen MR) is 188 cm³/mol. The van der Waals surface area contributed by atoms with Gasteiger partial charge in [-0.3, -0.25) is 19.4 Å². The number of anilines is 2. The number of thioether (sulfide) groups is 1. The highest BCUT2D eigenvalue weighted by atomic mass is 32.2. The van der Waals surface area contributed by atoms with E-state index in [1.807, 2.05) is 24.3 Å². The standard InChI is InChI=1S/C37H37F3N4O5S/c1-49-33-11-8-24(19-30(33)37(38,39)40)22-42-35(47)27-12-14-41-32(20-27)29-21-28(44-15-3-2-4-16-44)9-10-31(29)43-36(48)26-7-5-6-25(18-26)23-50-17-13-34(45)46/h5-12,14,18-21H,2-4,13,15-17,22-23H2,1H3,(H,42,47)(H,43,48)(H,45,46). The fraction of sp³-hybridized carbons (Fsp3) is 0.297. The number of carboxylic acid groups (broad SMARTS) is 1. The molecule has 1 aliphatic heterocycles. The van der Waals surface area contributed by atoms with E-state index in [0.29, 0.717) is 34.0 Å². The molecule has 0 unspecified atom stereocenters. The number of hydrogen-bond donors (Lipinski definition) is 3. The number of ether oxygens (including phenoxy) is 1. The molecule has 2 amide bonds. The number of carbonyl (C=O) groups excluding carboxylic acids is 2. The third-order valence-electron chi connectivity index (χ3n) is 8.21.